The number of aliphatic hydroxyl groups is 7. The SMILES string of the molecule is CCCC/C=C/CCCCCCCCCCCC(=O)O[C@@H](COC(=O)CCCCCCCCCCCCCCCCCCCCCCCCC)CO[C@@H]1O[C@H](CO[C@@H]2O[C@H](CO)[C@H](O)C(O)C2O)[C@H](O)C(O)C1O. The molecule has 2 saturated heterocycles. The summed E-state index contributed by atoms with van der Waals surface area (Å²) in [4.78, 5) is 25.9. The molecule has 4 unspecified atom stereocenters. The van der Waals surface area contributed by atoms with Crippen molar-refractivity contribution in [3.63, 3.8) is 0 Å². The fourth-order valence-electron chi connectivity index (χ4n) is 9.79. The van der Waals surface area contributed by atoms with Crippen molar-refractivity contribution < 1.29 is 73.8 Å². The molecule has 0 amide bonds. The molecule has 436 valence electrons. The number of allylic oxidation sites excluding steroid dienone is 2. The van der Waals surface area contributed by atoms with Crippen LogP contribution in [-0.2, 0) is 38.0 Å². The van der Waals surface area contributed by atoms with E-state index >= 15 is 0 Å². The van der Waals surface area contributed by atoms with Gasteiger partial charge >= 0.3 is 11.9 Å². The minimum Gasteiger partial charge on any atom is -0.462 e. The Morgan fingerprint density at radius 3 is 1.23 bits per heavy atom. The molecule has 0 spiro atoms. The quantitative estimate of drug-likeness (QED) is 0.0171. The van der Waals surface area contributed by atoms with E-state index in [1.54, 1.807) is 0 Å². The molecular formula is C59H110O15. The highest BCUT2D eigenvalue weighted by Crippen LogP contribution is 2.27. The van der Waals surface area contributed by atoms with E-state index < -0.39 is 92.7 Å². The largest absolute Gasteiger partial charge is 0.462 e. The third-order valence-electron chi connectivity index (χ3n) is 14.7. The van der Waals surface area contributed by atoms with E-state index in [0.29, 0.717) is 12.8 Å². The summed E-state index contributed by atoms with van der Waals surface area (Å²) in [6.45, 7) is 2.62. The van der Waals surface area contributed by atoms with Gasteiger partial charge in [-0.1, -0.05) is 225 Å². The van der Waals surface area contributed by atoms with Crippen molar-refractivity contribution in [2.75, 3.05) is 26.4 Å². The van der Waals surface area contributed by atoms with Crippen molar-refractivity contribution in [1.29, 1.82) is 0 Å². The molecule has 15 heteroatoms. The van der Waals surface area contributed by atoms with Crippen LogP contribution in [0.4, 0.5) is 0 Å². The highest BCUT2D eigenvalue weighted by Gasteiger charge is 2.47. The van der Waals surface area contributed by atoms with Crippen molar-refractivity contribution in [3.05, 3.63) is 12.2 Å². The van der Waals surface area contributed by atoms with Crippen LogP contribution < -0.4 is 0 Å². The summed E-state index contributed by atoms with van der Waals surface area (Å²) in [5, 5.41) is 72.3. The van der Waals surface area contributed by atoms with E-state index in [9.17, 15) is 45.3 Å². The molecule has 2 aliphatic rings. The Balaban J connectivity index is 1.70. The molecular weight excluding hydrogens is 949 g/mol. The Labute approximate surface area is 448 Å². The number of esters is 2. The summed E-state index contributed by atoms with van der Waals surface area (Å²) in [6.07, 6.45) is 32.4. The summed E-state index contributed by atoms with van der Waals surface area (Å²) in [5.74, 6) is -0.911. The Kier molecular flexibility index (Phi) is 42.7. The van der Waals surface area contributed by atoms with Crippen molar-refractivity contribution in [3.8, 4) is 0 Å². The molecule has 0 saturated carbocycles. The van der Waals surface area contributed by atoms with Gasteiger partial charge in [0.25, 0.3) is 0 Å². The van der Waals surface area contributed by atoms with E-state index in [0.717, 1.165) is 44.9 Å². The van der Waals surface area contributed by atoms with Crippen LogP contribution in [0.2, 0.25) is 0 Å². The molecule has 0 radical (unpaired) electrons. The molecule has 74 heavy (non-hydrogen) atoms. The van der Waals surface area contributed by atoms with Gasteiger partial charge in [0.1, 0.15) is 55.4 Å². The third kappa shape index (κ3) is 32.9. The van der Waals surface area contributed by atoms with Gasteiger partial charge in [-0.3, -0.25) is 9.59 Å². The molecule has 7 N–H and O–H groups in total. The topological polar surface area (TPSA) is 231 Å². The maximum absolute atomic E-state index is 13.1. The first-order chi connectivity index (χ1) is 36.0. The van der Waals surface area contributed by atoms with Crippen molar-refractivity contribution >= 4 is 11.9 Å². The number of rotatable bonds is 49. The Morgan fingerprint density at radius 2 is 0.784 bits per heavy atom. The Hall–Kier alpha value is -1.76. The molecule has 0 aromatic heterocycles. The fourth-order valence-corrected chi connectivity index (χ4v) is 9.79. The second kappa shape index (κ2) is 46.2. The maximum atomic E-state index is 13.1. The monoisotopic (exact) mass is 1060 g/mol. The number of unbranched alkanes of at least 4 members (excludes halogenated alkanes) is 33. The molecule has 15 nitrogen and oxygen atoms in total. The fraction of sp³-hybridized carbons (Fsp3) is 0.932. The molecule has 11 atom stereocenters. The predicted molar refractivity (Wildman–Crippen MR) is 289 cm³/mol. The maximum Gasteiger partial charge on any atom is 0.306 e. The van der Waals surface area contributed by atoms with Gasteiger partial charge in [0.2, 0.25) is 0 Å². The summed E-state index contributed by atoms with van der Waals surface area (Å²) < 4.78 is 33.7. The van der Waals surface area contributed by atoms with Crippen LogP contribution in [0.15, 0.2) is 12.2 Å². The minimum atomic E-state index is -1.76. The summed E-state index contributed by atoms with van der Waals surface area (Å²) in [6, 6.07) is 0. The zero-order valence-electron chi connectivity index (χ0n) is 46.6. The lowest BCUT2D eigenvalue weighted by Crippen LogP contribution is -2.61. The van der Waals surface area contributed by atoms with Crippen molar-refractivity contribution in [2.24, 2.45) is 0 Å². The Morgan fingerprint density at radius 1 is 0.419 bits per heavy atom. The predicted octanol–water partition coefficient (Wildman–Crippen LogP) is 10.5. The normalized spacial score (nSPS) is 24.7. The molecule has 2 heterocycles. The molecule has 2 rings (SSSR count). The van der Waals surface area contributed by atoms with Gasteiger partial charge in [-0.2, -0.15) is 0 Å². The lowest BCUT2D eigenvalue weighted by Gasteiger charge is -2.42. The van der Waals surface area contributed by atoms with Crippen LogP contribution in [0, 0.1) is 0 Å². The second-order valence-corrected chi connectivity index (χ2v) is 21.5. The zero-order chi connectivity index (χ0) is 53.9. The number of aliphatic hydroxyl groups excluding tert-OH is 7. The molecule has 0 aromatic carbocycles. The van der Waals surface area contributed by atoms with Gasteiger partial charge < -0.3 is 64.2 Å². The standard InChI is InChI=1S/C59H110O15/c1-3-5-7-9-11-13-15-17-19-20-21-22-23-24-25-26-28-29-31-33-35-37-39-41-50(61)69-44-47(72-51(62)42-40-38-36-34-32-30-27-18-16-14-12-10-8-6-4-2)45-70-58-57(68)55(66)53(64)49(74-58)46-71-59-56(67)54(65)52(63)48(43-60)73-59/h10,12,47-49,52-60,63-68H,3-9,11,13-46H2,1-2H3/b12-10+/t47-,48+,49+,52-,53-,54?,55?,56?,57?,58+,59+/m0/s1. The van der Waals surface area contributed by atoms with E-state index in [4.69, 9.17) is 28.4 Å². The van der Waals surface area contributed by atoms with Gasteiger partial charge in [-0.05, 0) is 32.1 Å². The first-order valence-corrected chi connectivity index (χ1v) is 30.3. The molecule has 2 fully saturated rings. The first-order valence-electron chi connectivity index (χ1n) is 30.3. The van der Waals surface area contributed by atoms with Gasteiger partial charge in [-0.15, -0.1) is 0 Å². The zero-order valence-corrected chi connectivity index (χ0v) is 46.6. The lowest BCUT2D eigenvalue weighted by molar-refractivity contribution is -0.332. The summed E-state index contributed by atoms with van der Waals surface area (Å²) in [7, 11) is 0. The number of carbonyl (C=O) groups excluding carboxylic acids is 2. The van der Waals surface area contributed by atoms with Crippen LogP contribution in [0.1, 0.15) is 258 Å². The van der Waals surface area contributed by atoms with Crippen LogP contribution in [-0.4, -0.2) is 142 Å². The smallest absolute Gasteiger partial charge is 0.306 e. The molecule has 0 aliphatic carbocycles. The average Bonchev–Trinajstić information content (AvgIpc) is 3.39. The van der Waals surface area contributed by atoms with Crippen LogP contribution in [0.3, 0.4) is 0 Å². The van der Waals surface area contributed by atoms with Gasteiger partial charge in [-0.25, -0.2) is 0 Å². The first kappa shape index (κ1) is 68.3. The highest BCUT2D eigenvalue weighted by atomic mass is 16.7. The third-order valence-corrected chi connectivity index (χ3v) is 14.7. The van der Waals surface area contributed by atoms with Gasteiger partial charge in [0, 0.05) is 12.8 Å². The van der Waals surface area contributed by atoms with Crippen LogP contribution >= 0.6 is 0 Å². The molecule has 2 aliphatic heterocycles. The average molecular weight is 1060 g/mol. The Bertz CT molecular complexity index is 1340. The van der Waals surface area contributed by atoms with E-state index in [-0.39, 0.29) is 26.1 Å². The van der Waals surface area contributed by atoms with Gasteiger partial charge in [0.05, 0.1) is 19.8 Å². The van der Waals surface area contributed by atoms with E-state index in [1.807, 2.05) is 0 Å². The molecule has 0 bridgehead atoms. The van der Waals surface area contributed by atoms with E-state index in [1.165, 1.54) is 173 Å². The molecule has 0 aromatic rings. The summed E-state index contributed by atoms with van der Waals surface area (Å²) >= 11 is 0. The van der Waals surface area contributed by atoms with Crippen molar-refractivity contribution in [1.82, 2.24) is 0 Å². The number of hydrogen-bond acceptors (Lipinski definition) is 15. The number of ether oxygens (including phenoxy) is 6. The van der Waals surface area contributed by atoms with Crippen LogP contribution in [0.5, 0.6) is 0 Å². The number of hydrogen-bond donors (Lipinski definition) is 7. The lowest BCUT2D eigenvalue weighted by atomic mass is 9.98. The van der Waals surface area contributed by atoms with E-state index in [2.05, 4.69) is 26.0 Å². The minimum absolute atomic E-state index is 0.167. The van der Waals surface area contributed by atoms with Crippen LogP contribution in [0.25, 0.3) is 0 Å². The van der Waals surface area contributed by atoms with Gasteiger partial charge in [0.15, 0.2) is 18.7 Å². The van der Waals surface area contributed by atoms with Crippen molar-refractivity contribution in [2.45, 2.75) is 325 Å². The summed E-state index contributed by atoms with van der Waals surface area (Å²) in [5.41, 5.74) is 0. The number of carbonyl (C=O) groups is 2. The second-order valence-electron chi connectivity index (χ2n) is 21.5. The highest BCUT2D eigenvalue weighted by molar-refractivity contribution is 5.70.